The maximum Gasteiger partial charge on any atom is 0.339 e. The van der Waals surface area contributed by atoms with Crippen molar-refractivity contribution in [3.05, 3.63) is 27.3 Å². The van der Waals surface area contributed by atoms with E-state index < -0.39 is 0 Å². The predicted octanol–water partition coefficient (Wildman–Crippen LogP) is 3.93. The van der Waals surface area contributed by atoms with Crippen LogP contribution in [0.2, 0.25) is 0 Å². The van der Waals surface area contributed by atoms with E-state index in [1.807, 2.05) is 6.07 Å². The van der Waals surface area contributed by atoms with Gasteiger partial charge in [-0.3, -0.25) is 9.79 Å². The summed E-state index contributed by atoms with van der Waals surface area (Å²) >= 11 is 2.11. The molecule has 0 bridgehead atoms. The van der Waals surface area contributed by atoms with Crippen LogP contribution in [-0.2, 0) is 9.53 Å². The van der Waals surface area contributed by atoms with Gasteiger partial charge in [0.2, 0.25) is 0 Å². The Morgan fingerprint density at radius 2 is 2.24 bits per heavy atom. The molecule has 1 aliphatic rings. The lowest BCUT2D eigenvalue weighted by Gasteiger charge is -2.22. The topological polar surface area (TPSA) is 55.7 Å². The molecule has 4 nitrogen and oxygen atoms in total. The maximum absolute atomic E-state index is 11.7. The molecule has 112 valence electrons. The average molecular weight is 399 g/mol. The van der Waals surface area contributed by atoms with Crippen molar-refractivity contribution in [3.63, 3.8) is 0 Å². The van der Waals surface area contributed by atoms with Crippen LogP contribution in [0.25, 0.3) is 0 Å². The summed E-state index contributed by atoms with van der Waals surface area (Å²) in [6, 6.07) is 5.38. The summed E-state index contributed by atoms with van der Waals surface area (Å²) < 4.78 is 5.54. The third kappa shape index (κ3) is 3.70. The molecule has 0 amide bonds. The molecule has 0 heterocycles. The molecule has 0 aliphatic heterocycles. The zero-order chi connectivity index (χ0) is 15.4. The van der Waals surface area contributed by atoms with Gasteiger partial charge in [0.1, 0.15) is 5.78 Å². The fourth-order valence-electron chi connectivity index (χ4n) is 2.54. The van der Waals surface area contributed by atoms with Gasteiger partial charge in [-0.25, -0.2) is 4.79 Å². The lowest BCUT2D eigenvalue weighted by atomic mass is 9.84. The van der Waals surface area contributed by atoms with E-state index in [4.69, 9.17) is 4.74 Å². The number of hydrogen-bond acceptors (Lipinski definition) is 4. The maximum atomic E-state index is 11.7. The van der Waals surface area contributed by atoms with Crippen LogP contribution >= 0.6 is 22.6 Å². The quantitative estimate of drug-likeness (QED) is 0.572. The summed E-state index contributed by atoms with van der Waals surface area (Å²) in [6.07, 6.45) is 2.94. The molecule has 1 aromatic rings. The Labute approximate surface area is 138 Å². The van der Waals surface area contributed by atoms with E-state index in [1.165, 1.54) is 7.11 Å². The highest BCUT2D eigenvalue weighted by Gasteiger charge is 2.24. The van der Waals surface area contributed by atoms with Crippen LogP contribution in [0.5, 0.6) is 0 Å². The van der Waals surface area contributed by atoms with Gasteiger partial charge in [-0.1, -0.05) is 13.0 Å². The SMILES string of the molecule is CCC1CCC(=O)CC1=Nc1cccc(C(=O)OC)c1I. The second kappa shape index (κ2) is 7.15. The molecule has 0 N–H and O–H groups in total. The van der Waals surface area contributed by atoms with Gasteiger partial charge in [0.25, 0.3) is 0 Å². The number of nitrogens with zero attached hydrogens (tertiary/aromatic N) is 1. The zero-order valence-corrected chi connectivity index (χ0v) is 14.3. The second-order valence-electron chi connectivity index (χ2n) is 5.09. The van der Waals surface area contributed by atoms with E-state index in [-0.39, 0.29) is 11.8 Å². The summed E-state index contributed by atoms with van der Waals surface area (Å²) in [5.41, 5.74) is 2.19. The third-order valence-corrected chi connectivity index (χ3v) is 4.90. The number of benzene rings is 1. The van der Waals surface area contributed by atoms with E-state index in [1.54, 1.807) is 12.1 Å². The number of ketones is 1. The smallest absolute Gasteiger partial charge is 0.339 e. The molecule has 1 unspecified atom stereocenters. The van der Waals surface area contributed by atoms with E-state index in [2.05, 4.69) is 34.5 Å². The van der Waals surface area contributed by atoms with Crippen molar-refractivity contribution in [3.8, 4) is 0 Å². The monoisotopic (exact) mass is 399 g/mol. The van der Waals surface area contributed by atoms with Crippen LogP contribution in [-0.4, -0.2) is 24.6 Å². The van der Waals surface area contributed by atoms with Gasteiger partial charge in [-0.05, 0) is 53.5 Å². The van der Waals surface area contributed by atoms with Crippen molar-refractivity contribution in [2.24, 2.45) is 10.9 Å². The molecule has 1 aromatic carbocycles. The fraction of sp³-hybridized carbons (Fsp3) is 0.438. The molecule has 0 spiro atoms. The molecule has 1 atom stereocenters. The number of ether oxygens (including phenoxy) is 1. The number of Topliss-reactive ketones (excluding diaryl/α,β-unsaturated/α-hetero) is 1. The van der Waals surface area contributed by atoms with Crippen LogP contribution in [0.1, 0.15) is 43.0 Å². The fourth-order valence-corrected chi connectivity index (χ4v) is 3.24. The number of halogens is 1. The van der Waals surface area contributed by atoms with Gasteiger partial charge < -0.3 is 4.74 Å². The summed E-state index contributed by atoms with van der Waals surface area (Å²) in [7, 11) is 1.36. The van der Waals surface area contributed by atoms with E-state index in [9.17, 15) is 9.59 Å². The van der Waals surface area contributed by atoms with Gasteiger partial charge in [-0.15, -0.1) is 0 Å². The molecule has 1 aliphatic carbocycles. The lowest BCUT2D eigenvalue weighted by molar-refractivity contribution is -0.118. The van der Waals surface area contributed by atoms with Crippen LogP contribution in [0.15, 0.2) is 23.2 Å². The average Bonchev–Trinajstić information content (AvgIpc) is 2.49. The highest BCUT2D eigenvalue weighted by molar-refractivity contribution is 14.1. The number of aliphatic imine (C=N–C) groups is 1. The first-order valence-corrected chi connectivity index (χ1v) is 8.10. The van der Waals surface area contributed by atoms with E-state index in [0.29, 0.717) is 24.3 Å². The molecule has 1 fully saturated rings. The number of hydrogen-bond donors (Lipinski definition) is 0. The molecule has 21 heavy (non-hydrogen) atoms. The lowest BCUT2D eigenvalue weighted by Crippen LogP contribution is -2.24. The number of rotatable bonds is 3. The largest absolute Gasteiger partial charge is 0.465 e. The Hall–Kier alpha value is -1.24. The first-order chi connectivity index (χ1) is 10.1. The van der Waals surface area contributed by atoms with Crippen LogP contribution in [0.3, 0.4) is 0 Å². The molecule has 5 heteroatoms. The predicted molar refractivity (Wildman–Crippen MR) is 90.2 cm³/mol. The number of esters is 1. The highest BCUT2D eigenvalue weighted by Crippen LogP contribution is 2.29. The van der Waals surface area contributed by atoms with Crippen molar-refractivity contribution in [2.45, 2.75) is 32.6 Å². The van der Waals surface area contributed by atoms with E-state index in [0.717, 1.165) is 27.8 Å². The van der Waals surface area contributed by atoms with Crippen molar-refractivity contribution in [1.29, 1.82) is 0 Å². The third-order valence-electron chi connectivity index (χ3n) is 3.76. The summed E-state index contributed by atoms with van der Waals surface area (Å²) in [4.78, 5) is 28.1. The zero-order valence-electron chi connectivity index (χ0n) is 12.2. The van der Waals surface area contributed by atoms with Crippen molar-refractivity contribution >= 4 is 45.7 Å². The molecule has 1 saturated carbocycles. The second-order valence-corrected chi connectivity index (χ2v) is 6.17. The minimum atomic E-state index is -0.367. The van der Waals surface area contributed by atoms with Gasteiger partial charge in [0, 0.05) is 18.6 Å². The highest BCUT2D eigenvalue weighted by atomic mass is 127. The molecule has 0 radical (unpaired) electrons. The van der Waals surface area contributed by atoms with Gasteiger partial charge in [-0.2, -0.15) is 0 Å². The Bertz CT molecular complexity index is 595. The summed E-state index contributed by atoms with van der Waals surface area (Å²) in [5, 5.41) is 0. The summed E-state index contributed by atoms with van der Waals surface area (Å²) in [6.45, 7) is 2.12. The molecule has 2 rings (SSSR count). The Kier molecular flexibility index (Phi) is 5.50. The molecular formula is C16H18INO3. The van der Waals surface area contributed by atoms with Crippen LogP contribution in [0.4, 0.5) is 5.69 Å². The Morgan fingerprint density at radius 3 is 2.90 bits per heavy atom. The first kappa shape index (κ1) is 16.1. The number of carbonyl (C=O) groups is 2. The first-order valence-electron chi connectivity index (χ1n) is 7.02. The van der Waals surface area contributed by atoms with Crippen LogP contribution in [0, 0.1) is 9.49 Å². The number of methoxy groups -OCH3 is 1. The van der Waals surface area contributed by atoms with Gasteiger partial charge >= 0.3 is 5.97 Å². The normalized spacial score (nSPS) is 20.6. The minimum Gasteiger partial charge on any atom is -0.465 e. The molecule has 0 aromatic heterocycles. The standard InChI is InChI=1S/C16H18INO3/c1-3-10-7-8-11(19)9-14(10)18-13-6-4-5-12(15(13)17)16(20)21-2/h4-6,10H,3,7-9H2,1-2H3. The van der Waals surface area contributed by atoms with Crippen LogP contribution < -0.4 is 0 Å². The van der Waals surface area contributed by atoms with Crippen molar-refractivity contribution in [2.75, 3.05) is 7.11 Å². The summed E-state index contributed by atoms with van der Waals surface area (Å²) in [5.74, 6) is 0.242. The molecular weight excluding hydrogens is 381 g/mol. The van der Waals surface area contributed by atoms with Gasteiger partial charge in [0.15, 0.2) is 0 Å². The van der Waals surface area contributed by atoms with Gasteiger partial charge in [0.05, 0.1) is 21.9 Å². The van der Waals surface area contributed by atoms with Crippen molar-refractivity contribution < 1.29 is 14.3 Å². The Balaban J connectivity index is 2.39. The van der Waals surface area contributed by atoms with E-state index >= 15 is 0 Å². The number of carbonyl (C=O) groups excluding carboxylic acids is 2. The van der Waals surface area contributed by atoms with Crippen molar-refractivity contribution in [1.82, 2.24) is 0 Å². The Morgan fingerprint density at radius 1 is 1.48 bits per heavy atom. The molecule has 0 saturated heterocycles. The minimum absolute atomic E-state index is 0.248.